The van der Waals surface area contributed by atoms with Crippen LogP contribution >= 0.6 is 0 Å². The zero-order valence-corrected chi connectivity index (χ0v) is 10.9. The second-order valence-electron chi connectivity index (χ2n) is 4.25. The van der Waals surface area contributed by atoms with Gasteiger partial charge >= 0.3 is 0 Å². The Morgan fingerprint density at radius 2 is 2.12 bits per heavy atom. The van der Waals surface area contributed by atoms with Crippen molar-refractivity contribution in [2.45, 2.75) is 46.3 Å². The molecule has 1 unspecified atom stereocenters. The first kappa shape index (κ1) is 14.0. The van der Waals surface area contributed by atoms with E-state index < -0.39 is 0 Å². The number of ether oxygens (including phenoxy) is 1. The Labute approximate surface area is 103 Å². The molecule has 1 aromatic rings. The van der Waals surface area contributed by atoms with Crippen LogP contribution in [0.2, 0.25) is 0 Å². The predicted molar refractivity (Wildman–Crippen MR) is 68.8 cm³/mol. The Kier molecular flexibility index (Phi) is 5.98. The number of hydrogen-bond donors (Lipinski definition) is 1. The Hall–Kier alpha value is -1.09. The molecule has 0 saturated heterocycles. The van der Waals surface area contributed by atoms with Crippen LogP contribution < -0.4 is 10.1 Å². The molecule has 0 saturated carbocycles. The van der Waals surface area contributed by atoms with E-state index in [9.17, 15) is 4.39 Å². The van der Waals surface area contributed by atoms with Gasteiger partial charge in [-0.05, 0) is 38.1 Å². The largest absolute Gasteiger partial charge is 0.490 e. The lowest BCUT2D eigenvalue weighted by Crippen LogP contribution is -2.16. The molecule has 0 aromatic heterocycles. The van der Waals surface area contributed by atoms with E-state index in [1.807, 2.05) is 13.8 Å². The van der Waals surface area contributed by atoms with Crippen LogP contribution in [0.5, 0.6) is 5.75 Å². The SMILES string of the molecule is CCCC(C)Oc1ccc(F)cc1CNCC. The molecule has 0 amide bonds. The highest BCUT2D eigenvalue weighted by Crippen LogP contribution is 2.21. The Balaban J connectivity index is 2.74. The molecule has 1 aromatic carbocycles. The molecule has 0 radical (unpaired) electrons. The highest BCUT2D eigenvalue weighted by atomic mass is 19.1. The monoisotopic (exact) mass is 239 g/mol. The fourth-order valence-corrected chi connectivity index (χ4v) is 1.74. The van der Waals surface area contributed by atoms with Gasteiger partial charge in [0.1, 0.15) is 11.6 Å². The molecule has 0 aliphatic rings. The number of hydrogen-bond acceptors (Lipinski definition) is 2. The zero-order chi connectivity index (χ0) is 12.7. The maximum atomic E-state index is 13.2. The fourth-order valence-electron chi connectivity index (χ4n) is 1.74. The Morgan fingerprint density at radius 1 is 1.35 bits per heavy atom. The maximum Gasteiger partial charge on any atom is 0.124 e. The number of halogens is 1. The Morgan fingerprint density at radius 3 is 2.76 bits per heavy atom. The van der Waals surface area contributed by atoms with Crippen LogP contribution in [0.3, 0.4) is 0 Å². The van der Waals surface area contributed by atoms with Crippen LogP contribution in [0.15, 0.2) is 18.2 Å². The first-order valence-corrected chi connectivity index (χ1v) is 6.33. The van der Waals surface area contributed by atoms with Crippen molar-refractivity contribution >= 4 is 0 Å². The minimum absolute atomic E-state index is 0.172. The third-order valence-electron chi connectivity index (χ3n) is 2.61. The van der Waals surface area contributed by atoms with Crippen molar-refractivity contribution in [3.05, 3.63) is 29.6 Å². The molecular weight excluding hydrogens is 217 g/mol. The van der Waals surface area contributed by atoms with Gasteiger partial charge in [0.05, 0.1) is 6.10 Å². The molecule has 17 heavy (non-hydrogen) atoms. The molecule has 1 N–H and O–H groups in total. The van der Waals surface area contributed by atoms with Crippen molar-refractivity contribution in [1.82, 2.24) is 5.32 Å². The quantitative estimate of drug-likeness (QED) is 0.786. The van der Waals surface area contributed by atoms with Crippen molar-refractivity contribution in [2.75, 3.05) is 6.54 Å². The second-order valence-corrected chi connectivity index (χ2v) is 4.25. The van der Waals surface area contributed by atoms with Gasteiger partial charge in [-0.2, -0.15) is 0 Å². The zero-order valence-electron chi connectivity index (χ0n) is 10.9. The van der Waals surface area contributed by atoms with E-state index in [1.54, 1.807) is 6.07 Å². The van der Waals surface area contributed by atoms with E-state index in [0.717, 1.165) is 30.7 Å². The first-order valence-electron chi connectivity index (χ1n) is 6.33. The van der Waals surface area contributed by atoms with E-state index in [4.69, 9.17) is 4.74 Å². The summed E-state index contributed by atoms with van der Waals surface area (Å²) in [6.07, 6.45) is 2.27. The molecule has 0 aliphatic heterocycles. The van der Waals surface area contributed by atoms with E-state index in [0.29, 0.717) is 6.54 Å². The van der Waals surface area contributed by atoms with Gasteiger partial charge in [-0.15, -0.1) is 0 Å². The third kappa shape index (κ3) is 4.73. The Bertz CT molecular complexity index is 341. The molecule has 0 bridgehead atoms. The first-order chi connectivity index (χ1) is 8.17. The van der Waals surface area contributed by atoms with E-state index in [2.05, 4.69) is 12.2 Å². The molecule has 2 nitrogen and oxygen atoms in total. The van der Waals surface area contributed by atoms with Crippen LogP contribution in [-0.2, 0) is 6.54 Å². The molecule has 1 rings (SSSR count). The molecule has 1 atom stereocenters. The van der Waals surface area contributed by atoms with Gasteiger partial charge in [-0.1, -0.05) is 20.3 Å². The summed E-state index contributed by atoms with van der Waals surface area (Å²) in [5.41, 5.74) is 0.884. The van der Waals surface area contributed by atoms with Gasteiger partial charge in [0.2, 0.25) is 0 Å². The van der Waals surface area contributed by atoms with Crippen LogP contribution in [-0.4, -0.2) is 12.6 Å². The minimum Gasteiger partial charge on any atom is -0.490 e. The minimum atomic E-state index is -0.214. The summed E-state index contributed by atoms with van der Waals surface area (Å²) in [5.74, 6) is 0.571. The topological polar surface area (TPSA) is 21.3 Å². The molecule has 0 spiro atoms. The molecule has 3 heteroatoms. The summed E-state index contributed by atoms with van der Waals surface area (Å²) >= 11 is 0. The highest BCUT2D eigenvalue weighted by molar-refractivity contribution is 5.34. The lowest BCUT2D eigenvalue weighted by Gasteiger charge is -2.17. The van der Waals surface area contributed by atoms with E-state index in [1.165, 1.54) is 12.1 Å². The summed E-state index contributed by atoms with van der Waals surface area (Å²) < 4.78 is 19.0. The van der Waals surface area contributed by atoms with Crippen molar-refractivity contribution in [2.24, 2.45) is 0 Å². The van der Waals surface area contributed by atoms with Crippen molar-refractivity contribution in [3.8, 4) is 5.75 Å². The lowest BCUT2D eigenvalue weighted by atomic mass is 10.1. The molecule has 0 aliphatic carbocycles. The van der Waals surface area contributed by atoms with E-state index >= 15 is 0 Å². The fraction of sp³-hybridized carbons (Fsp3) is 0.571. The van der Waals surface area contributed by atoms with Crippen molar-refractivity contribution in [1.29, 1.82) is 0 Å². The molecule has 96 valence electrons. The van der Waals surface area contributed by atoms with Crippen LogP contribution in [0, 0.1) is 5.82 Å². The normalized spacial score (nSPS) is 12.5. The third-order valence-corrected chi connectivity index (χ3v) is 2.61. The van der Waals surface area contributed by atoms with Crippen molar-refractivity contribution in [3.63, 3.8) is 0 Å². The predicted octanol–water partition coefficient (Wildman–Crippen LogP) is 3.50. The number of benzene rings is 1. The van der Waals surface area contributed by atoms with Gasteiger partial charge in [0, 0.05) is 12.1 Å². The smallest absolute Gasteiger partial charge is 0.124 e. The average molecular weight is 239 g/mol. The summed E-state index contributed by atoms with van der Waals surface area (Å²) in [7, 11) is 0. The average Bonchev–Trinajstić information content (AvgIpc) is 2.30. The van der Waals surface area contributed by atoms with Crippen molar-refractivity contribution < 1.29 is 9.13 Å². The van der Waals surface area contributed by atoms with Gasteiger partial charge in [0.15, 0.2) is 0 Å². The number of nitrogens with one attached hydrogen (secondary N) is 1. The van der Waals surface area contributed by atoms with Crippen LogP contribution in [0.1, 0.15) is 39.2 Å². The van der Waals surface area contributed by atoms with Gasteiger partial charge in [-0.3, -0.25) is 0 Å². The summed E-state index contributed by atoms with van der Waals surface area (Å²) in [6.45, 7) is 7.70. The summed E-state index contributed by atoms with van der Waals surface area (Å²) in [6, 6.07) is 4.70. The van der Waals surface area contributed by atoms with Gasteiger partial charge in [0.25, 0.3) is 0 Å². The number of rotatable bonds is 7. The standard InChI is InChI=1S/C14H22FNO/c1-4-6-11(3)17-14-8-7-13(15)9-12(14)10-16-5-2/h7-9,11,16H,4-6,10H2,1-3H3. The maximum absolute atomic E-state index is 13.2. The van der Waals surface area contributed by atoms with Crippen LogP contribution in [0.25, 0.3) is 0 Å². The molecule has 0 fully saturated rings. The summed E-state index contributed by atoms with van der Waals surface area (Å²) in [4.78, 5) is 0. The molecular formula is C14H22FNO. The van der Waals surface area contributed by atoms with Gasteiger partial charge in [-0.25, -0.2) is 4.39 Å². The summed E-state index contributed by atoms with van der Waals surface area (Å²) in [5, 5.41) is 3.19. The highest BCUT2D eigenvalue weighted by Gasteiger charge is 2.08. The second kappa shape index (κ2) is 7.28. The lowest BCUT2D eigenvalue weighted by molar-refractivity contribution is 0.207. The van der Waals surface area contributed by atoms with Crippen LogP contribution in [0.4, 0.5) is 4.39 Å². The molecule has 0 heterocycles. The van der Waals surface area contributed by atoms with E-state index in [-0.39, 0.29) is 11.9 Å². The van der Waals surface area contributed by atoms with Gasteiger partial charge < -0.3 is 10.1 Å².